The topological polar surface area (TPSA) is 44.8 Å². The molecule has 0 spiro atoms. The Hall–Kier alpha value is -1.66. The third-order valence-electron chi connectivity index (χ3n) is 3.56. The van der Waals surface area contributed by atoms with Crippen LogP contribution in [0.25, 0.3) is 0 Å². The number of aryl methyl sites for hydroxylation is 2. The van der Waals surface area contributed by atoms with Gasteiger partial charge in [-0.2, -0.15) is 0 Å². The van der Waals surface area contributed by atoms with E-state index in [2.05, 4.69) is 11.4 Å². The third kappa shape index (κ3) is 4.68. The van der Waals surface area contributed by atoms with Gasteiger partial charge in [-0.3, -0.25) is 4.79 Å². The van der Waals surface area contributed by atoms with Crippen molar-refractivity contribution in [3.8, 4) is 0 Å². The molecule has 1 amide bonds. The number of nitrogens with one attached hydrogen (secondary N) is 1. The number of anilines is 1. The average Bonchev–Trinajstić information content (AvgIpc) is 2.46. The lowest BCUT2D eigenvalue weighted by Crippen LogP contribution is -2.46. The third-order valence-corrected chi connectivity index (χ3v) is 3.97. The predicted molar refractivity (Wildman–Crippen MR) is 92.2 cm³/mol. The quantitative estimate of drug-likeness (QED) is 0.860. The van der Waals surface area contributed by atoms with E-state index in [1.54, 1.807) is 4.90 Å². The summed E-state index contributed by atoms with van der Waals surface area (Å²) in [5, 5.41) is 3.74. The van der Waals surface area contributed by atoms with Crippen molar-refractivity contribution in [2.45, 2.75) is 13.8 Å². The Balaban J connectivity index is 1.89. The molecular weight excluding hydrogens is 298 g/mol. The van der Waals surface area contributed by atoms with E-state index < -0.39 is 0 Å². The van der Waals surface area contributed by atoms with Gasteiger partial charge in [-0.1, -0.05) is 6.07 Å². The van der Waals surface area contributed by atoms with Crippen LogP contribution in [0.2, 0.25) is 0 Å². The van der Waals surface area contributed by atoms with Gasteiger partial charge in [-0.15, -0.1) is 0 Å². The van der Waals surface area contributed by atoms with Crippen molar-refractivity contribution in [3.63, 3.8) is 0 Å². The number of hydrogen-bond acceptors (Lipinski definition) is 3. The SMILES string of the molecule is Cc1cc(C)cc(NC(=S)N(C)CC(=O)N2CCOCC2)c1. The molecule has 6 heteroatoms. The van der Waals surface area contributed by atoms with Gasteiger partial charge in [0.15, 0.2) is 5.11 Å². The molecule has 0 aromatic heterocycles. The number of amides is 1. The summed E-state index contributed by atoms with van der Waals surface area (Å²) in [6, 6.07) is 6.19. The second kappa shape index (κ2) is 7.56. The maximum absolute atomic E-state index is 12.2. The molecule has 2 rings (SSSR count). The summed E-state index contributed by atoms with van der Waals surface area (Å²) in [6.07, 6.45) is 0. The van der Waals surface area contributed by atoms with Gasteiger partial charge in [0, 0.05) is 25.8 Å². The maximum Gasteiger partial charge on any atom is 0.242 e. The van der Waals surface area contributed by atoms with Crippen LogP contribution in [0.4, 0.5) is 5.69 Å². The fraction of sp³-hybridized carbons (Fsp3) is 0.500. The Kier molecular flexibility index (Phi) is 5.74. The second-order valence-corrected chi connectivity index (χ2v) is 6.04. The molecule has 0 bridgehead atoms. The molecule has 22 heavy (non-hydrogen) atoms. The summed E-state index contributed by atoms with van der Waals surface area (Å²) in [4.78, 5) is 15.8. The molecule has 1 aromatic carbocycles. The smallest absolute Gasteiger partial charge is 0.242 e. The standard InChI is InChI=1S/C16H23N3O2S/c1-12-8-13(2)10-14(9-12)17-16(22)18(3)11-15(20)19-4-6-21-7-5-19/h8-10H,4-7,11H2,1-3H3,(H,17,22). The first-order valence-corrected chi connectivity index (χ1v) is 7.82. The predicted octanol–water partition coefficient (Wildman–Crippen LogP) is 1.79. The number of carbonyl (C=O) groups excluding carboxylic acids is 1. The van der Waals surface area contributed by atoms with Crippen LogP contribution in [0, 0.1) is 13.8 Å². The summed E-state index contributed by atoms with van der Waals surface area (Å²) in [6.45, 7) is 6.91. The van der Waals surface area contributed by atoms with Gasteiger partial charge >= 0.3 is 0 Å². The van der Waals surface area contributed by atoms with Crippen LogP contribution in [-0.2, 0) is 9.53 Å². The highest BCUT2D eigenvalue weighted by atomic mass is 32.1. The van der Waals surface area contributed by atoms with Crippen LogP contribution in [0.5, 0.6) is 0 Å². The molecule has 1 heterocycles. The first kappa shape index (κ1) is 16.7. The minimum atomic E-state index is 0.0790. The molecule has 0 atom stereocenters. The molecule has 1 N–H and O–H groups in total. The number of nitrogens with zero attached hydrogens (tertiary/aromatic N) is 2. The monoisotopic (exact) mass is 321 g/mol. The number of carbonyl (C=O) groups is 1. The highest BCUT2D eigenvalue weighted by Crippen LogP contribution is 2.14. The number of thiocarbonyl (C=S) groups is 1. The first-order valence-electron chi connectivity index (χ1n) is 7.41. The summed E-state index contributed by atoms with van der Waals surface area (Å²) < 4.78 is 5.26. The Morgan fingerprint density at radius 3 is 2.45 bits per heavy atom. The molecule has 0 saturated carbocycles. The number of rotatable bonds is 3. The Morgan fingerprint density at radius 2 is 1.86 bits per heavy atom. The molecule has 5 nitrogen and oxygen atoms in total. The van der Waals surface area contributed by atoms with E-state index in [9.17, 15) is 4.79 Å². The number of likely N-dealkylation sites (N-methyl/N-ethyl adjacent to an activating group) is 1. The summed E-state index contributed by atoms with van der Waals surface area (Å²) >= 11 is 5.38. The maximum atomic E-state index is 12.2. The highest BCUT2D eigenvalue weighted by Gasteiger charge is 2.19. The van der Waals surface area contributed by atoms with Gasteiger partial charge in [0.25, 0.3) is 0 Å². The normalized spacial score (nSPS) is 14.6. The molecular formula is C16H23N3O2S. The Morgan fingerprint density at radius 1 is 1.27 bits per heavy atom. The average molecular weight is 321 g/mol. The molecule has 1 aliphatic rings. The van der Waals surface area contributed by atoms with E-state index in [1.165, 1.54) is 11.1 Å². The molecule has 0 unspecified atom stereocenters. The molecule has 1 saturated heterocycles. The molecule has 0 aliphatic carbocycles. The lowest BCUT2D eigenvalue weighted by atomic mass is 10.1. The number of ether oxygens (including phenoxy) is 1. The zero-order chi connectivity index (χ0) is 16.1. The summed E-state index contributed by atoms with van der Waals surface area (Å²) in [7, 11) is 1.83. The fourth-order valence-electron chi connectivity index (χ4n) is 2.45. The van der Waals surface area contributed by atoms with E-state index >= 15 is 0 Å². The van der Waals surface area contributed by atoms with E-state index in [1.807, 2.05) is 37.9 Å². The largest absolute Gasteiger partial charge is 0.378 e. The van der Waals surface area contributed by atoms with Crippen molar-refractivity contribution in [1.29, 1.82) is 0 Å². The van der Waals surface area contributed by atoms with Gasteiger partial charge in [-0.05, 0) is 49.3 Å². The van der Waals surface area contributed by atoms with E-state index in [0.29, 0.717) is 31.4 Å². The number of morpholine rings is 1. The van der Waals surface area contributed by atoms with Gasteiger partial charge in [0.05, 0.1) is 19.8 Å². The lowest BCUT2D eigenvalue weighted by Gasteiger charge is -2.29. The van der Waals surface area contributed by atoms with Crippen molar-refractivity contribution < 1.29 is 9.53 Å². The van der Waals surface area contributed by atoms with Crippen LogP contribution in [0.15, 0.2) is 18.2 Å². The second-order valence-electron chi connectivity index (χ2n) is 5.66. The van der Waals surface area contributed by atoms with Crippen LogP contribution >= 0.6 is 12.2 Å². The Labute approximate surface area is 137 Å². The van der Waals surface area contributed by atoms with Gasteiger partial charge < -0.3 is 19.9 Å². The number of benzene rings is 1. The van der Waals surface area contributed by atoms with Crippen molar-refractivity contribution in [2.75, 3.05) is 45.2 Å². The molecule has 1 fully saturated rings. The molecule has 1 aliphatic heterocycles. The fourth-order valence-corrected chi connectivity index (χ4v) is 2.64. The van der Waals surface area contributed by atoms with Gasteiger partial charge in [-0.25, -0.2) is 0 Å². The van der Waals surface area contributed by atoms with Crippen molar-refractivity contribution in [2.24, 2.45) is 0 Å². The minimum absolute atomic E-state index is 0.0790. The van der Waals surface area contributed by atoms with Crippen LogP contribution in [-0.4, -0.2) is 60.7 Å². The number of hydrogen-bond donors (Lipinski definition) is 1. The van der Waals surface area contributed by atoms with Crippen molar-refractivity contribution in [3.05, 3.63) is 29.3 Å². The first-order chi connectivity index (χ1) is 10.5. The Bertz CT molecular complexity index is 536. The molecule has 0 radical (unpaired) electrons. The zero-order valence-electron chi connectivity index (χ0n) is 13.4. The lowest BCUT2D eigenvalue weighted by molar-refractivity contribution is -0.135. The van der Waals surface area contributed by atoms with Crippen LogP contribution < -0.4 is 5.32 Å². The molecule has 1 aromatic rings. The van der Waals surface area contributed by atoms with E-state index in [0.717, 1.165) is 5.69 Å². The minimum Gasteiger partial charge on any atom is -0.378 e. The highest BCUT2D eigenvalue weighted by molar-refractivity contribution is 7.80. The van der Waals surface area contributed by atoms with Crippen LogP contribution in [0.3, 0.4) is 0 Å². The zero-order valence-corrected chi connectivity index (χ0v) is 14.2. The van der Waals surface area contributed by atoms with Gasteiger partial charge in [0.1, 0.15) is 0 Å². The van der Waals surface area contributed by atoms with Crippen molar-refractivity contribution >= 4 is 28.9 Å². The van der Waals surface area contributed by atoms with Gasteiger partial charge in [0.2, 0.25) is 5.91 Å². The summed E-state index contributed by atoms with van der Waals surface area (Å²) in [5.41, 5.74) is 3.31. The molecule has 120 valence electrons. The summed E-state index contributed by atoms with van der Waals surface area (Å²) in [5.74, 6) is 0.0790. The van der Waals surface area contributed by atoms with E-state index in [-0.39, 0.29) is 12.5 Å². The van der Waals surface area contributed by atoms with Crippen LogP contribution in [0.1, 0.15) is 11.1 Å². The van der Waals surface area contributed by atoms with Crippen molar-refractivity contribution in [1.82, 2.24) is 9.80 Å². The van der Waals surface area contributed by atoms with E-state index in [4.69, 9.17) is 17.0 Å².